The smallest absolute Gasteiger partial charge is 0.340 e. The molecule has 0 aliphatic rings. The number of nitrogens with zero attached hydrogens (tertiary/aromatic N) is 1. The van der Waals surface area contributed by atoms with Crippen LogP contribution < -0.4 is 0 Å². The molecule has 15 heavy (non-hydrogen) atoms. The molecular weight excluding hydrogens is 278 g/mol. The highest BCUT2D eigenvalue weighted by atomic mass is 79.9. The fourth-order valence-corrected chi connectivity index (χ4v) is 2.47. The van der Waals surface area contributed by atoms with Gasteiger partial charge in [0.2, 0.25) is 0 Å². The van der Waals surface area contributed by atoms with Gasteiger partial charge in [-0.1, -0.05) is 30.3 Å². The molecule has 2 rings (SSSR count). The van der Waals surface area contributed by atoms with Crippen LogP contribution in [0.4, 0.5) is 0 Å². The number of aromatic nitrogens is 1. The summed E-state index contributed by atoms with van der Waals surface area (Å²) < 4.78 is 4.67. The lowest BCUT2D eigenvalue weighted by molar-refractivity contribution is 0.0697. The van der Waals surface area contributed by atoms with Gasteiger partial charge in [0.1, 0.15) is 9.35 Å². The number of benzene rings is 1. The molecule has 1 aromatic carbocycles. The molecule has 2 aromatic rings. The first-order chi connectivity index (χ1) is 7.20. The van der Waals surface area contributed by atoms with Crippen LogP contribution in [0.1, 0.15) is 10.4 Å². The van der Waals surface area contributed by atoms with Crippen LogP contribution in [0.2, 0.25) is 0 Å². The molecule has 1 heterocycles. The summed E-state index contributed by atoms with van der Waals surface area (Å²) in [7, 11) is 0. The quantitative estimate of drug-likeness (QED) is 0.920. The number of aromatic carboxylic acids is 1. The molecule has 0 fully saturated rings. The predicted octanol–water partition coefficient (Wildman–Crippen LogP) is 3.27. The predicted molar refractivity (Wildman–Crippen MR) is 62.2 cm³/mol. The third-order valence-electron chi connectivity index (χ3n) is 1.91. The van der Waals surface area contributed by atoms with Crippen molar-refractivity contribution in [2.45, 2.75) is 0 Å². The minimum Gasteiger partial charge on any atom is -0.478 e. The molecule has 76 valence electrons. The van der Waals surface area contributed by atoms with Crippen molar-refractivity contribution in [3.63, 3.8) is 0 Å². The van der Waals surface area contributed by atoms with Crippen LogP contribution in [0, 0.1) is 0 Å². The lowest BCUT2D eigenvalue weighted by Crippen LogP contribution is -1.97. The number of carbonyl (C=O) groups is 1. The van der Waals surface area contributed by atoms with Crippen molar-refractivity contribution in [3.05, 3.63) is 39.7 Å². The maximum atomic E-state index is 11.0. The second kappa shape index (κ2) is 4.12. The van der Waals surface area contributed by atoms with Crippen LogP contribution in [0.15, 0.2) is 34.1 Å². The number of hydrogen-bond donors (Lipinski definition) is 1. The van der Waals surface area contributed by atoms with E-state index < -0.39 is 5.97 Å². The van der Waals surface area contributed by atoms with Crippen LogP contribution in [0.3, 0.4) is 0 Å². The largest absolute Gasteiger partial charge is 0.478 e. The lowest BCUT2D eigenvalue weighted by Gasteiger charge is -1.98. The van der Waals surface area contributed by atoms with E-state index in [2.05, 4.69) is 20.3 Å². The Hall–Kier alpha value is -1.20. The van der Waals surface area contributed by atoms with Gasteiger partial charge in [0.25, 0.3) is 0 Å². The van der Waals surface area contributed by atoms with Crippen molar-refractivity contribution >= 4 is 33.4 Å². The zero-order valence-electron chi connectivity index (χ0n) is 7.48. The summed E-state index contributed by atoms with van der Waals surface area (Å²) in [6.45, 7) is 0. The molecule has 0 spiro atoms. The van der Waals surface area contributed by atoms with E-state index >= 15 is 0 Å². The van der Waals surface area contributed by atoms with Gasteiger partial charge in [-0.15, -0.1) is 0 Å². The fraction of sp³-hybridized carbons (Fsp3) is 0. The van der Waals surface area contributed by atoms with Crippen molar-refractivity contribution in [1.29, 1.82) is 0 Å². The van der Waals surface area contributed by atoms with Crippen molar-refractivity contribution in [2.24, 2.45) is 0 Å². The minimum absolute atomic E-state index is 0.228. The average molecular weight is 284 g/mol. The second-order valence-electron chi connectivity index (χ2n) is 2.85. The maximum Gasteiger partial charge on any atom is 0.340 e. The third kappa shape index (κ3) is 1.93. The molecule has 0 aliphatic carbocycles. The molecule has 0 saturated heterocycles. The summed E-state index contributed by atoms with van der Waals surface area (Å²) >= 11 is 4.33. The Morgan fingerprint density at radius 2 is 2.00 bits per heavy atom. The third-order valence-corrected chi connectivity index (χ3v) is 3.38. The summed E-state index contributed by atoms with van der Waals surface area (Å²) in [5.41, 5.74) is 1.56. The van der Waals surface area contributed by atoms with E-state index in [1.165, 1.54) is 0 Å². The topological polar surface area (TPSA) is 50.2 Å². The van der Waals surface area contributed by atoms with E-state index in [9.17, 15) is 4.79 Å². The first kappa shape index (κ1) is 10.3. The van der Waals surface area contributed by atoms with Gasteiger partial charge in [-0.25, -0.2) is 4.79 Å². The molecule has 5 heteroatoms. The zero-order valence-corrected chi connectivity index (χ0v) is 9.88. The summed E-state index contributed by atoms with van der Waals surface area (Å²) in [5.74, 6) is -0.963. The Kier molecular flexibility index (Phi) is 2.83. The molecule has 0 bridgehead atoms. The van der Waals surface area contributed by atoms with Crippen molar-refractivity contribution < 1.29 is 9.90 Å². The number of hydrogen-bond acceptors (Lipinski definition) is 3. The highest BCUT2D eigenvalue weighted by Gasteiger charge is 2.19. The summed E-state index contributed by atoms with van der Waals surface area (Å²) in [6.07, 6.45) is 0. The van der Waals surface area contributed by atoms with Gasteiger partial charge in [0.05, 0.1) is 5.69 Å². The minimum atomic E-state index is -0.963. The van der Waals surface area contributed by atoms with Crippen molar-refractivity contribution in [1.82, 2.24) is 4.37 Å². The fourth-order valence-electron chi connectivity index (χ4n) is 1.25. The van der Waals surface area contributed by atoms with E-state index in [0.717, 1.165) is 17.1 Å². The average Bonchev–Trinajstić information content (AvgIpc) is 2.61. The van der Waals surface area contributed by atoms with Gasteiger partial charge in [-0.3, -0.25) is 0 Å². The molecule has 3 nitrogen and oxygen atoms in total. The van der Waals surface area contributed by atoms with E-state index in [1.54, 1.807) is 0 Å². The molecule has 0 radical (unpaired) electrons. The highest BCUT2D eigenvalue weighted by Crippen LogP contribution is 2.31. The Labute approximate surface area is 98.7 Å². The first-order valence-electron chi connectivity index (χ1n) is 4.14. The molecule has 0 amide bonds. The number of rotatable bonds is 2. The van der Waals surface area contributed by atoms with Gasteiger partial charge < -0.3 is 5.11 Å². The Bertz CT molecular complexity index is 495. The molecule has 0 aliphatic heterocycles. The number of halogens is 1. The lowest BCUT2D eigenvalue weighted by atomic mass is 10.1. The van der Waals surface area contributed by atoms with Gasteiger partial charge >= 0.3 is 5.97 Å². The van der Waals surface area contributed by atoms with E-state index in [1.807, 2.05) is 30.3 Å². The standard InChI is InChI=1S/C10H6BrNO2S/c11-9-7(10(13)14)8(12-15-9)6-4-2-1-3-5-6/h1-5H,(H,13,14). The van der Waals surface area contributed by atoms with E-state index in [-0.39, 0.29) is 5.56 Å². The van der Waals surface area contributed by atoms with Gasteiger partial charge in [0, 0.05) is 5.56 Å². The normalized spacial score (nSPS) is 10.2. The van der Waals surface area contributed by atoms with Crippen LogP contribution >= 0.6 is 27.5 Å². The Morgan fingerprint density at radius 1 is 1.33 bits per heavy atom. The van der Waals surface area contributed by atoms with Gasteiger partial charge in [-0.05, 0) is 27.5 Å². The Morgan fingerprint density at radius 3 is 2.60 bits per heavy atom. The molecular formula is C10H6BrNO2S. The number of carboxylic acid groups (broad SMARTS) is 1. The SMILES string of the molecule is O=C(O)c1c(-c2ccccc2)nsc1Br. The van der Waals surface area contributed by atoms with Crippen molar-refractivity contribution in [3.8, 4) is 11.3 Å². The molecule has 1 aromatic heterocycles. The molecule has 1 N–H and O–H groups in total. The summed E-state index contributed by atoms with van der Waals surface area (Å²) in [5, 5.41) is 9.03. The summed E-state index contributed by atoms with van der Waals surface area (Å²) in [4.78, 5) is 11.0. The van der Waals surface area contributed by atoms with Gasteiger partial charge in [0.15, 0.2) is 0 Å². The van der Waals surface area contributed by atoms with Gasteiger partial charge in [-0.2, -0.15) is 4.37 Å². The second-order valence-corrected chi connectivity index (χ2v) is 4.94. The first-order valence-corrected chi connectivity index (χ1v) is 5.70. The van der Waals surface area contributed by atoms with Crippen LogP contribution in [0.5, 0.6) is 0 Å². The monoisotopic (exact) mass is 283 g/mol. The zero-order chi connectivity index (χ0) is 10.8. The number of carboxylic acids is 1. The van der Waals surface area contributed by atoms with E-state index in [0.29, 0.717) is 9.48 Å². The molecule has 0 atom stereocenters. The molecule has 0 unspecified atom stereocenters. The van der Waals surface area contributed by atoms with Crippen LogP contribution in [0.25, 0.3) is 11.3 Å². The van der Waals surface area contributed by atoms with E-state index in [4.69, 9.17) is 5.11 Å². The van der Waals surface area contributed by atoms with Crippen LogP contribution in [-0.2, 0) is 0 Å². The van der Waals surface area contributed by atoms with Crippen molar-refractivity contribution in [2.75, 3.05) is 0 Å². The maximum absolute atomic E-state index is 11.0. The summed E-state index contributed by atoms with van der Waals surface area (Å²) in [6, 6.07) is 9.27. The highest BCUT2D eigenvalue weighted by molar-refractivity contribution is 9.11. The molecule has 0 saturated carbocycles. The van der Waals surface area contributed by atoms with Crippen LogP contribution in [-0.4, -0.2) is 15.4 Å². The Balaban J connectivity index is 2.59.